The summed E-state index contributed by atoms with van der Waals surface area (Å²) < 4.78 is 0. The van der Waals surface area contributed by atoms with Gasteiger partial charge in [-0.05, 0) is 34.2 Å². The monoisotopic (exact) mass is 348 g/mol. The fourth-order valence-corrected chi connectivity index (χ4v) is 3.66. The molecule has 0 fully saturated rings. The van der Waals surface area contributed by atoms with Crippen molar-refractivity contribution in [3.63, 3.8) is 0 Å². The van der Waals surface area contributed by atoms with E-state index in [0.717, 1.165) is 21.4 Å². The first kappa shape index (κ1) is 15.8. The van der Waals surface area contributed by atoms with Crippen molar-refractivity contribution in [3.8, 4) is 0 Å². The zero-order valence-electron chi connectivity index (χ0n) is 13.9. The smallest absolute Gasteiger partial charge is 0.282 e. The summed E-state index contributed by atoms with van der Waals surface area (Å²) in [5.41, 5.74) is 1.15. The fourth-order valence-electron chi connectivity index (χ4n) is 2.77. The molecule has 0 unspecified atom stereocenters. The summed E-state index contributed by atoms with van der Waals surface area (Å²) in [5, 5.41) is 17.8. The van der Waals surface area contributed by atoms with E-state index in [4.69, 9.17) is 5.41 Å². The Balaban J connectivity index is 1.80. The van der Waals surface area contributed by atoms with Crippen molar-refractivity contribution in [2.45, 2.75) is 13.8 Å². The van der Waals surface area contributed by atoms with E-state index >= 15 is 0 Å². The van der Waals surface area contributed by atoms with Crippen LogP contribution in [-0.4, -0.2) is 27.0 Å². The summed E-state index contributed by atoms with van der Waals surface area (Å²) in [5.74, 6) is -0.0883. The first-order valence-corrected chi connectivity index (χ1v) is 8.84. The lowest BCUT2D eigenvalue weighted by molar-refractivity contribution is -0.114. The van der Waals surface area contributed by atoms with Gasteiger partial charge in [0.15, 0.2) is 5.84 Å². The Morgan fingerprint density at radius 1 is 1.16 bits per heavy atom. The van der Waals surface area contributed by atoms with E-state index in [0.29, 0.717) is 5.17 Å². The highest BCUT2D eigenvalue weighted by Crippen LogP contribution is 2.31. The second kappa shape index (κ2) is 5.97. The summed E-state index contributed by atoms with van der Waals surface area (Å²) in [6.45, 7) is 4.06. The van der Waals surface area contributed by atoms with E-state index < -0.39 is 5.91 Å². The predicted octanol–water partition coefficient (Wildman–Crippen LogP) is 4.11. The van der Waals surface area contributed by atoms with Gasteiger partial charge >= 0.3 is 0 Å². The van der Waals surface area contributed by atoms with Crippen LogP contribution in [0.2, 0.25) is 0 Å². The molecular weight excluding hydrogens is 332 g/mol. The van der Waals surface area contributed by atoms with Gasteiger partial charge in [-0.1, -0.05) is 56.3 Å². The zero-order valence-corrected chi connectivity index (χ0v) is 14.7. The topological polar surface area (TPSA) is 68.9 Å². The highest BCUT2D eigenvalue weighted by Gasteiger charge is 2.36. The molecule has 2 aliphatic rings. The largest absolute Gasteiger partial charge is 0.283 e. The van der Waals surface area contributed by atoms with Crippen LogP contribution in [0.1, 0.15) is 19.4 Å². The molecule has 5 nitrogen and oxygen atoms in total. The van der Waals surface area contributed by atoms with Gasteiger partial charge in [0.25, 0.3) is 5.91 Å². The van der Waals surface area contributed by atoms with E-state index in [1.807, 2.05) is 56.3 Å². The maximum Gasteiger partial charge on any atom is 0.283 e. The Hall–Kier alpha value is -2.73. The second-order valence-corrected chi connectivity index (χ2v) is 7.17. The standard InChI is InChI=1S/C19H16N4OS/c1-11(2)18-22-23-16(20)15(17(24)21-19(23)25-18)10-13-8-5-7-12-6-3-4-9-14(12)13/h3-11,20H,1-2H3/b15-10-,20-16?. The normalized spacial score (nSPS) is 18.8. The summed E-state index contributed by atoms with van der Waals surface area (Å²) in [6.07, 6.45) is 1.74. The van der Waals surface area contributed by atoms with Crippen LogP contribution in [-0.2, 0) is 4.79 Å². The highest BCUT2D eigenvalue weighted by molar-refractivity contribution is 8.27. The first-order chi connectivity index (χ1) is 12.0. The lowest BCUT2D eigenvalue weighted by atomic mass is 10.0. The van der Waals surface area contributed by atoms with Crippen molar-refractivity contribution in [2.24, 2.45) is 16.0 Å². The van der Waals surface area contributed by atoms with Gasteiger partial charge in [0, 0.05) is 5.92 Å². The van der Waals surface area contributed by atoms with Crippen molar-refractivity contribution in [1.82, 2.24) is 5.01 Å². The highest BCUT2D eigenvalue weighted by atomic mass is 32.2. The number of rotatable bonds is 2. The number of thioether (sulfide) groups is 1. The van der Waals surface area contributed by atoms with E-state index in [2.05, 4.69) is 10.1 Å². The van der Waals surface area contributed by atoms with Gasteiger partial charge in [0.05, 0.1) is 5.57 Å². The summed E-state index contributed by atoms with van der Waals surface area (Å²) in [7, 11) is 0. The Labute approximate surface area is 149 Å². The van der Waals surface area contributed by atoms with Gasteiger partial charge in [-0.15, -0.1) is 0 Å². The van der Waals surface area contributed by atoms with Gasteiger partial charge in [0.2, 0.25) is 5.17 Å². The van der Waals surface area contributed by atoms with Gasteiger partial charge in [-0.25, -0.2) is 0 Å². The Morgan fingerprint density at radius 2 is 1.92 bits per heavy atom. The molecule has 0 spiro atoms. The summed E-state index contributed by atoms with van der Waals surface area (Å²) in [6, 6.07) is 13.9. The molecule has 0 aliphatic carbocycles. The number of amides is 1. The molecule has 1 amide bonds. The Kier molecular flexibility index (Phi) is 3.77. The molecule has 0 bridgehead atoms. The van der Waals surface area contributed by atoms with Crippen molar-refractivity contribution < 1.29 is 4.79 Å². The number of aliphatic imine (C=N–C) groups is 1. The van der Waals surface area contributed by atoms with Crippen LogP contribution in [0, 0.1) is 11.3 Å². The van der Waals surface area contributed by atoms with Gasteiger partial charge < -0.3 is 0 Å². The fraction of sp³-hybridized carbons (Fsp3) is 0.158. The molecular formula is C19H16N4OS. The van der Waals surface area contributed by atoms with Crippen LogP contribution in [0.3, 0.4) is 0 Å². The lowest BCUT2D eigenvalue weighted by Crippen LogP contribution is -2.35. The predicted molar refractivity (Wildman–Crippen MR) is 104 cm³/mol. The molecule has 25 heavy (non-hydrogen) atoms. The molecule has 2 heterocycles. The number of carbonyl (C=O) groups excluding carboxylic acids is 1. The van der Waals surface area contributed by atoms with Crippen LogP contribution < -0.4 is 0 Å². The molecule has 0 radical (unpaired) electrons. The number of carbonyl (C=O) groups is 1. The third-order valence-corrected chi connectivity index (χ3v) is 5.30. The van der Waals surface area contributed by atoms with Crippen LogP contribution >= 0.6 is 11.8 Å². The molecule has 0 atom stereocenters. The molecule has 1 N–H and O–H groups in total. The van der Waals surface area contributed by atoms with Gasteiger partial charge in [-0.2, -0.15) is 15.1 Å². The molecule has 0 saturated heterocycles. The number of fused-ring (bicyclic) bond motifs is 2. The number of nitrogens with one attached hydrogen (secondary N) is 1. The number of nitrogens with zero attached hydrogens (tertiary/aromatic N) is 3. The van der Waals surface area contributed by atoms with Crippen molar-refractivity contribution in [2.75, 3.05) is 0 Å². The molecule has 124 valence electrons. The minimum absolute atomic E-state index is 0.0751. The van der Waals surface area contributed by atoms with E-state index in [1.165, 1.54) is 16.8 Å². The van der Waals surface area contributed by atoms with Gasteiger partial charge in [-0.3, -0.25) is 10.2 Å². The molecule has 2 aromatic carbocycles. The lowest BCUT2D eigenvalue weighted by Gasteiger charge is -2.20. The number of amidine groups is 2. The number of benzene rings is 2. The first-order valence-electron chi connectivity index (χ1n) is 8.02. The molecule has 0 saturated carbocycles. The van der Waals surface area contributed by atoms with Crippen LogP contribution in [0.5, 0.6) is 0 Å². The average Bonchev–Trinajstić information content (AvgIpc) is 3.03. The minimum Gasteiger partial charge on any atom is -0.282 e. The maximum absolute atomic E-state index is 12.5. The molecule has 6 heteroatoms. The second-order valence-electron chi connectivity index (χ2n) is 6.18. The quantitative estimate of drug-likeness (QED) is 0.830. The van der Waals surface area contributed by atoms with Crippen molar-refractivity contribution in [3.05, 3.63) is 53.6 Å². The van der Waals surface area contributed by atoms with Gasteiger partial charge in [0.1, 0.15) is 5.04 Å². The number of hydrogen-bond donors (Lipinski definition) is 1. The number of hydrogen-bond acceptors (Lipinski definition) is 4. The van der Waals surface area contributed by atoms with Crippen molar-refractivity contribution in [1.29, 1.82) is 5.41 Å². The molecule has 0 aromatic heterocycles. The Morgan fingerprint density at radius 3 is 2.72 bits per heavy atom. The van der Waals surface area contributed by atoms with E-state index in [9.17, 15) is 4.79 Å². The average molecular weight is 348 g/mol. The SMILES string of the molecule is CC(C)C1=NN2C(=N)/C(=C/c3cccc4ccccc34)C(=O)N=C2S1. The molecule has 2 aromatic rings. The van der Waals surface area contributed by atoms with Crippen LogP contribution in [0.25, 0.3) is 16.8 Å². The van der Waals surface area contributed by atoms with E-state index in [-0.39, 0.29) is 17.3 Å². The summed E-state index contributed by atoms with van der Waals surface area (Å²) >= 11 is 1.36. The molecule has 2 aliphatic heterocycles. The third-order valence-electron chi connectivity index (χ3n) is 4.09. The molecule has 4 rings (SSSR count). The Bertz CT molecular complexity index is 998. The van der Waals surface area contributed by atoms with Crippen molar-refractivity contribution >= 4 is 50.6 Å². The zero-order chi connectivity index (χ0) is 17.6. The summed E-state index contributed by atoms with van der Waals surface area (Å²) in [4.78, 5) is 16.6. The van der Waals surface area contributed by atoms with E-state index in [1.54, 1.807) is 6.08 Å². The van der Waals surface area contributed by atoms with Crippen LogP contribution in [0.4, 0.5) is 0 Å². The maximum atomic E-state index is 12.5. The minimum atomic E-state index is -0.392. The third kappa shape index (κ3) is 2.68. The number of hydrazone groups is 1. The van der Waals surface area contributed by atoms with Crippen LogP contribution in [0.15, 0.2) is 58.1 Å².